The van der Waals surface area contributed by atoms with E-state index in [4.69, 9.17) is 11.6 Å². The van der Waals surface area contributed by atoms with Gasteiger partial charge in [0.15, 0.2) is 6.29 Å². The van der Waals surface area contributed by atoms with Crippen LogP contribution in [0.3, 0.4) is 0 Å². The van der Waals surface area contributed by atoms with Gasteiger partial charge in [-0.3, -0.25) is 4.79 Å². The van der Waals surface area contributed by atoms with E-state index in [0.717, 1.165) is 0 Å². The van der Waals surface area contributed by atoms with Crippen molar-refractivity contribution in [2.75, 3.05) is 0 Å². The van der Waals surface area contributed by atoms with E-state index >= 15 is 0 Å². The van der Waals surface area contributed by atoms with Crippen molar-refractivity contribution in [1.29, 1.82) is 0 Å². The molecule has 0 radical (unpaired) electrons. The Labute approximate surface area is 106 Å². The van der Waals surface area contributed by atoms with E-state index in [1.807, 2.05) is 0 Å². The molecule has 0 aliphatic rings. The molecule has 2 aromatic rings. The number of carbonyl (C=O) groups excluding carboxylic acids is 1. The minimum atomic E-state index is -4.23. The lowest BCUT2D eigenvalue weighted by molar-refractivity contribution is -0.136. The Bertz CT molecular complexity index is 589. The largest absolute Gasteiger partial charge is 0.390 e. The van der Waals surface area contributed by atoms with Gasteiger partial charge >= 0.3 is 6.18 Å². The molecule has 1 aromatic heterocycles. The van der Waals surface area contributed by atoms with E-state index in [9.17, 15) is 18.0 Å². The summed E-state index contributed by atoms with van der Waals surface area (Å²) in [5, 5.41) is 1.03. The van der Waals surface area contributed by atoms with E-state index in [2.05, 4.69) is 0 Å². The molecule has 0 aliphatic carbocycles. The average Bonchev–Trinajstić information content (AvgIpc) is 2.63. The molecular formula is C12H9ClF3NO. The van der Waals surface area contributed by atoms with Gasteiger partial charge < -0.3 is 4.57 Å². The van der Waals surface area contributed by atoms with E-state index in [0.29, 0.717) is 27.8 Å². The standard InChI is InChI=1S/C12H9ClF3NO/c13-9-1-2-10-8(7-18)6-17(11(10)5-9)4-3-12(14,15)16/h1-2,5-7H,3-4H2. The zero-order valence-corrected chi connectivity index (χ0v) is 9.92. The number of fused-ring (bicyclic) bond motifs is 1. The smallest absolute Gasteiger partial charge is 0.346 e. The van der Waals surface area contributed by atoms with Gasteiger partial charge in [-0.05, 0) is 12.1 Å². The van der Waals surface area contributed by atoms with Crippen LogP contribution < -0.4 is 0 Å². The molecule has 0 bridgehead atoms. The average molecular weight is 276 g/mol. The number of benzene rings is 1. The van der Waals surface area contributed by atoms with Crippen LogP contribution in [0.5, 0.6) is 0 Å². The number of carbonyl (C=O) groups is 1. The second-order valence-corrected chi connectivity index (χ2v) is 4.36. The van der Waals surface area contributed by atoms with Gasteiger partial charge in [0.1, 0.15) is 0 Å². The van der Waals surface area contributed by atoms with Crippen molar-refractivity contribution in [3.8, 4) is 0 Å². The molecule has 2 nitrogen and oxygen atoms in total. The summed E-state index contributed by atoms with van der Waals surface area (Å²) in [7, 11) is 0. The van der Waals surface area contributed by atoms with E-state index in [-0.39, 0.29) is 6.54 Å². The van der Waals surface area contributed by atoms with Gasteiger partial charge in [0.25, 0.3) is 0 Å². The van der Waals surface area contributed by atoms with Crippen molar-refractivity contribution in [2.24, 2.45) is 0 Å². The molecule has 6 heteroatoms. The molecule has 1 heterocycles. The summed E-state index contributed by atoms with van der Waals surface area (Å²) in [6.45, 7) is -0.228. The Hall–Kier alpha value is -1.49. The van der Waals surface area contributed by atoms with Crippen LogP contribution in [0.15, 0.2) is 24.4 Å². The molecule has 0 amide bonds. The molecule has 0 fully saturated rings. The molecule has 0 unspecified atom stereocenters. The molecule has 0 N–H and O–H groups in total. The summed E-state index contributed by atoms with van der Waals surface area (Å²) in [6, 6.07) is 4.79. The van der Waals surface area contributed by atoms with E-state index < -0.39 is 12.6 Å². The maximum absolute atomic E-state index is 12.2. The summed E-state index contributed by atoms with van der Waals surface area (Å²) in [5.41, 5.74) is 0.901. The SMILES string of the molecule is O=Cc1cn(CCC(F)(F)F)c2cc(Cl)ccc12. The monoisotopic (exact) mass is 275 g/mol. The van der Waals surface area contributed by atoms with Gasteiger partial charge in [-0.1, -0.05) is 17.7 Å². The molecule has 0 atom stereocenters. The minimum absolute atomic E-state index is 0.228. The maximum Gasteiger partial charge on any atom is 0.390 e. The lowest BCUT2D eigenvalue weighted by Gasteiger charge is -2.08. The van der Waals surface area contributed by atoms with Crippen molar-refractivity contribution < 1.29 is 18.0 Å². The third-order valence-electron chi connectivity index (χ3n) is 2.64. The maximum atomic E-state index is 12.2. The molecular weight excluding hydrogens is 267 g/mol. The predicted molar refractivity (Wildman–Crippen MR) is 63.0 cm³/mol. The number of aryl methyl sites for hydroxylation is 1. The highest BCUT2D eigenvalue weighted by atomic mass is 35.5. The predicted octanol–water partition coefficient (Wildman–Crippen LogP) is 4.06. The topological polar surface area (TPSA) is 22.0 Å². The lowest BCUT2D eigenvalue weighted by atomic mass is 10.2. The molecule has 18 heavy (non-hydrogen) atoms. The first-order chi connectivity index (χ1) is 8.40. The van der Waals surface area contributed by atoms with Crippen LogP contribution in [-0.2, 0) is 6.54 Å². The number of alkyl halides is 3. The van der Waals surface area contributed by atoms with Crippen LogP contribution in [-0.4, -0.2) is 17.0 Å². The zero-order valence-electron chi connectivity index (χ0n) is 9.17. The first-order valence-corrected chi connectivity index (χ1v) is 5.59. The highest BCUT2D eigenvalue weighted by Gasteiger charge is 2.27. The molecule has 1 aromatic carbocycles. The fourth-order valence-corrected chi connectivity index (χ4v) is 1.99. The number of aromatic nitrogens is 1. The van der Waals surface area contributed by atoms with Crippen LogP contribution in [0.2, 0.25) is 5.02 Å². The number of nitrogens with zero attached hydrogens (tertiary/aromatic N) is 1. The second kappa shape index (κ2) is 4.65. The molecule has 2 rings (SSSR count). The van der Waals surface area contributed by atoms with Gasteiger partial charge in [-0.2, -0.15) is 13.2 Å². The van der Waals surface area contributed by atoms with E-state index in [1.165, 1.54) is 10.8 Å². The fraction of sp³-hybridized carbons (Fsp3) is 0.250. The van der Waals surface area contributed by atoms with Crippen molar-refractivity contribution in [3.05, 3.63) is 35.0 Å². The Kier molecular flexibility index (Phi) is 3.34. The van der Waals surface area contributed by atoms with Crippen molar-refractivity contribution in [1.82, 2.24) is 4.57 Å². The van der Waals surface area contributed by atoms with Gasteiger partial charge in [0, 0.05) is 28.7 Å². The first kappa shape index (κ1) is 13.0. The van der Waals surface area contributed by atoms with Crippen LogP contribution >= 0.6 is 11.6 Å². The van der Waals surface area contributed by atoms with Crippen LogP contribution in [0.1, 0.15) is 16.8 Å². The fourth-order valence-electron chi connectivity index (χ4n) is 1.82. The lowest BCUT2D eigenvalue weighted by Crippen LogP contribution is -2.11. The summed E-state index contributed by atoms with van der Waals surface area (Å²) in [6.07, 6.45) is -3.13. The normalized spacial score (nSPS) is 12.0. The van der Waals surface area contributed by atoms with Crippen LogP contribution in [0.25, 0.3) is 10.9 Å². The Morgan fingerprint density at radius 3 is 2.67 bits per heavy atom. The third kappa shape index (κ3) is 2.67. The number of hydrogen-bond acceptors (Lipinski definition) is 1. The number of hydrogen-bond donors (Lipinski definition) is 0. The Balaban J connectivity index is 2.43. The summed E-state index contributed by atoms with van der Waals surface area (Å²) >= 11 is 5.81. The molecule has 0 saturated heterocycles. The van der Waals surface area contributed by atoms with Gasteiger partial charge in [0.2, 0.25) is 0 Å². The van der Waals surface area contributed by atoms with Crippen molar-refractivity contribution in [3.63, 3.8) is 0 Å². The Morgan fingerprint density at radius 2 is 2.06 bits per heavy atom. The molecule has 0 aliphatic heterocycles. The highest BCUT2D eigenvalue weighted by molar-refractivity contribution is 6.31. The molecule has 0 saturated carbocycles. The second-order valence-electron chi connectivity index (χ2n) is 3.92. The first-order valence-electron chi connectivity index (χ1n) is 5.21. The van der Waals surface area contributed by atoms with Gasteiger partial charge in [-0.25, -0.2) is 0 Å². The quantitative estimate of drug-likeness (QED) is 0.774. The number of halogens is 4. The van der Waals surface area contributed by atoms with E-state index in [1.54, 1.807) is 18.2 Å². The molecule has 0 spiro atoms. The third-order valence-corrected chi connectivity index (χ3v) is 2.87. The van der Waals surface area contributed by atoms with Gasteiger partial charge in [-0.15, -0.1) is 0 Å². The highest BCUT2D eigenvalue weighted by Crippen LogP contribution is 2.26. The minimum Gasteiger partial charge on any atom is -0.346 e. The van der Waals surface area contributed by atoms with Crippen LogP contribution in [0.4, 0.5) is 13.2 Å². The van der Waals surface area contributed by atoms with Crippen molar-refractivity contribution in [2.45, 2.75) is 19.1 Å². The molecule has 96 valence electrons. The summed E-state index contributed by atoms with van der Waals surface area (Å²) in [4.78, 5) is 10.9. The zero-order chi connectivity index (χ0) is 13.3. The Morgan fingerprint density at radius 1 is 1.33 bits per heavy atom. The number of rotatable bonds is 3. The summed E-state index contributed by atoms with van der Waals surface area (Å²) < 4.78 is 38.0. The number of aldehydes is 1. The van der Waals surface area contributed by atoms with Crippen LogP contribution in [0, 0.1) is 0 Å². The van der Waals surface area contributed by atoms with Gasteiger partial charge in [0.05, 0.1) is 11.9 Å². The van der Waals surface area contributed by atoms with Crippen molar-refractivity contribution >= 4 is 28.8 Å². The summed E-state index contributed by atoms with van der Waals surface area (Å²) in [5.74, 6) is 0.